The second-order valence-electron chi connectivity index (χ2n) is 8.46. The summed E-state index contributed by atoms with van der Waals surface area (Å²) < 4.78 is 17.5. The summed E-state index contributed by atoms with van der Waals surface area (Å²) >= 11 is 0. The molecule has 2 N–H and O–H groups in total. The molecular formula is C23H24FN9O2. The summed E-state index contributed by atoms with van der Waals surface area (Å²) in [6, 6.07) is 1.35. The molecule has 5 rings (SSSR count). The van der Waals surface area contributed by atoms with Gasteiger partial charge in [-0.25, -0.2) is 9.50 Å². The number of hydrogen-bond acceptors (Lipinski definition) is 7. The summed E-state index contributed by atoms with van der Waals surface area (Å²) in [6.07, 6.45) is 12.6. The lowest BCUT2D eigenvalue weighted by molar-refractivity contribution is -0.117. The van der Waals surface area contributed by atoms with Gasteiger partial charge in [0.05, 0.1) is 65.7 Å². The number of rotatable bonds is 6. The van der Waals surface area contributed by atoms with Crippen LogP contribution in [0.25, 0.3) is 16.8 Å². The lowest BCUT2D eigenvalue weighted by Crippen LogP contribution is -2.36. The molecular weight excluding hydrogens is 453 g/mol. The van der Waals surface area contributed by atoms with Crippen molar-refractivity contribution in [3.05, 3.63) is 54.8 Å². The van der Waals surface area contributed by atoms with Crippen LogP contribution >= 0.6 is 0 Å². The first kappa shape index (κ1) is 22.6. The lowest BCUT2D eigenvalue weighted by Gasteiger charge is -2.25. The molecule has 0 atom stereocenters. The van der Waals surface area contributed by atoms with Crippen molar-refractivity contribution in [2.24, 2.45) is 7.05 Å². The summed E-state index contributed by atoms with van der Waals surface area (Å²) in [6.45, 7) is 2.03. The summed E-state index contributed by atoms with van der Waals surface area (Å²) in [5, 5.41) is 13.6. The van der Waals surface area contributed by atoms with Crippen LogP contribution in [0.2, 0.25) is 0 Å². The van der Waals surface area contributed by atoms with Crippen molar-refractivity contribution in [1.82, 2.24) is 34.3 Å². The van der Waals surface area contributed by atoms with Gasteiger partial charge in [0.25, 0.3) is 5.91 Å². The van der Waals surface area contributed by atoms with Gasteiger partial charge in [-0.1, -0.05) is 6.42 Å². The van der Waals surface area contributed by atoms with Gasteiger partial charge in [0.1, 0.15) is 0 Å². The van der Waals surface area contributed by atoms with Gasteiger partial charge in [-0.2, -0.15) is 14.6 Å². The average Bonchev–Trinajstić information content (AvgIpc) is 3.47. The fraction of sp³-hybridized carbons (Fsp3) is 0.304. The molecule has 5 heterocycles. The SMILES string of the molecule is Cn1cc(-c2cn3ncc(C(=O)Nc4cc(NC(=O)CN5CCCCC5)cnc4F)c3cn2)cn1. The Kier molecular flexibility index (Phi) is 6.19. The molecule has 0 radical (unpaired) electrons. The van der Waals surface area contributed by atoms with E-state index in [1.807, 2.05) is 13.2 Å². The summed E-state index contributed by atoms with van der Waals surface area (Å²) in [4.78, 5) is 35.4. The highest BCUT2D eigenvalue weighted by Gasteiger charge is 2.18. The molecule has 0 bridgehead atoms. The van der Waals surface area contributed by atoms with E-state index in [4.69, 9.17) is 0 Å². The number of halogens is 1. The molecule has 1 aliphatic rings. The minimum Gasteiger partial charge on any atom is -0.324 e. The van der Waals surface area contributed by atoms with Gasteiger partial charge in [-0.3, -0.25) is 24.2 Å². The molecule has 0 spiro atoms. The molecule has 11 nitrogen and oxygen atoms in total. The zero-order valence-electron chi connectivity index (χ0n) is 19.1. The van der Waals surface area contributed by atoms with Crippen LogP contribution in [0.1, 0.15) is 29.6 Å². The Labute approximate surface area is 200 Å². The van der Waals surface area contributed by atoms with E-state index in [-0.39, 0.29) is 23.7 Å². The first-order valence-electron chi connectivity index (χ1n) is 11.3. The third-order valence-corrected chi connectivity index (χ3v) is 5.84. The van der Waals surface area contributed by atoms with Crippen molar-refractivity contribution < 1.29 is 14.0 Å². The highest BCUT2D eigenvalue weighted by molar-refractivity contribution is 6.09. The topological polar surface area (TPSA) is 122 Å². The van der Waals surface area contributed by atoms with Gasteiger partial charge in [-0.05, 0) is 32.0 Å². The highest BCUT2D eigenvalue weighted by atomic mass is 19.1. The molecule has 0 aromatic carbocycles. The van der Waals surface area contributed by atoms with Crippen LogP contribution in [0.4, 0.5) is 15.8 Å². The van der Waals surface area contributed by atoms with Gasteiger partial charge < -0.3 is 10.6 Å². The predicted octanol–water partition coefficient (Wildman–Crippen LogP) is 2.34. The summed E-state index contributed by atoms with van der Waals surface area (Å²) in [5.74, 6) is -1.65. The van der Waals surface area contributed by atoms with Crippen molar-refractivity contribution in [1.29, 1.82) is 0 Å². The molecule has 180 valence electrons. The Morgan fingerprint density at radius 3 is 2.60 bits per heavy atom. The zero-order chi connectivity index (χ0) is 24.4. The van der Waals surface area contributed by atoms with E-state index in [0.717, 1.165) is 31.5 Å². The third-order valence-electron chi connectivity index (χ3n) is 5.84. The third kappa shape index (κ3) is 5.01. The number of hydrogen-bond donors (Lipinski definition) is 2. The van der Waals surface area contributed by atoms with Crippen LogP contribution in [0.15, 0.2) is 43.2 Å². The Morgan fingerprint density at radius 2 is 1.83 bits per heavy atom. The Hall–Kier alpha value is -4.19. The molecule has 1 aliphatic heterocycles. The Morgan fingerprint density at radius 1 is 1.00 bits per heavy atom. The van der Waals surface area contributed by atoms with E-state index in [1.54, 1.807) is 17.1 Å². The Bertz CT molecular complexity index is 1390. The quantitative estimate of drug-likeness (QED) is 0.409. The molecule has 4 aromatic heterocycles. The Balaban J connectivity index is 1.29. The van der Waals surface area contributed by atoms with Gasteiger partial charge in [0, 0.05) is 18.8 Å². The number of piperidine rings is 1. The number of anilines is 2. The number of nitrogens with zero attached hydrogens (tertiary/aromatic N) is 7. The molecule has 1 fully saturated rings. The smallest absolute Gasteiger partial charge is 0.259 e. The number of carbonyl (C=O) groups excluding carboxylic acids is 2. The van der Waals surface area contributed by atoms with Crippen molar-refractivity contribution in [3.63, 3.8) is 0 Å². The molecule has 2 amide bonds. The van der Waals surface area contributed by atoms with E-state index in [9.17, 15) is 14.0 Å². The second kappa shape index (κ2) is 9.58. The lowest BCUT2D eigenvalue weighted by atomic mass is 10.1. The normalized spacial score (nSPS) is 14.2. The van der Waals surface area contributed by atoms with E-state index >= 15 is 0 Å². The van der Waals surface area contributed by atoms with Crippen LogP contribution < -0.4 is 10.6 Å². The number of amides is 2. The van der Waals surface area contributed by atoms with E-state index in [0.29, 0.717) is 16.9 Å². The van der Waals surface area contributed by atoms with Gasteiger partial charge in [-0.15, -0.1) is 0 Å². The van der Waals surface area contributed by atoms with Crippen molar-refractivity contribution in [2.45, 2.75) is 19.3 Å². The van der Waals surface area contributed by atoms with Crippen LogP contribution in [-0.2, 0) is 11.8 Å². The number of likely N-dealkylation sites (tertiary alicyclic amines) is 1. The average molecular weight is 478 g/mol. The highest BCUT2D eigenvalue weighted by Crippen LogP contribution is 2.21. The first-order valence-corrected chi connectivity index (χ1v) is 11.3. The maximum Gasteiger partial charge on any atom is 0.259 e. The number of nitrogens with one attached hydrogen (secondary N) is 2. The molecule has 1 saturated heterocycles. The minimum atomic E-state index is -0.860. The fourth-order valence-corrected chi connectivity index (χ4v) is 4.08. The number of aryl methyl sites for hydroxylation is 1. The van der Waals surface area contributed by atoms with Crippen molar-refractivity contribution in [2.75, 3.05) is 30.3 Å². The molecule has 4 aromatic rings. The van der Waals surface area contributed by atoms with Gasteiger partial charge in [0.15, 0.2) is 0 Å². The van der Waals surface area contributed by atoms with E-state index < -0.39 is 11.9 Å². The largest absolute Gasteiger partial charge is 0.324 e. The number of fused-ring (bicyclic) bond motifs is 1. The predicted molar refractivity (Wildman–Crippen MR) is 126 cm³/mol. The van der Waals surface area contributed by atoms with E-state index in [2.05, 4.69) is 35.7 Å². The van der Waals surface area contributed by atoms with E-state index in [1.165, 1.54) is 35.6 Å². The minimum absolute atomic E-state index is 0.148. The summed E-state index contributed by atoms with van der Waals surface area (Å²) in [7, 11) is 1.81. The molecule has 0 aliphatic carbocycles. The monoisotopic (exact) mass is 477 g/mol. The zero-order valence-corrected chi connectivity index (χ0v) is 19.1. The number of aromatic nitrogens is 6. The molecule has 12 heteroatoms. The van der Waals surface area contributed by atoms with Gasteiger partial charge >= 0.3 is 0 Å². The van der Waals surface area contributed by atoms with Gasteiger partial charge in [0.2, 0.25) is 11.9 Å². The van der Waals surface area contributed by atoms with Crippen LogP contribution in [-0.4, -0.2) is 65.7 Å². The maximum absolute atomic E-state index is 14.4. The number of carbonyl (C=O) groups is 2. The number of pyridine rings is 1. The molecule has 35 heavy (non-hydrogen) atoms. The van der Waals surface area contributed by atoms with Crippen LogP contribution in [0.3, 0.4) is 0 Å². The molecule has 0 unspecified atom stereocenters. The second-order valence-corrected chi connectivity index (χ2v) is 8.46. The fourth-order valence-electron chi connectivity index (χ4n) is 4.08. The maximum atomic E-state index is 14.4. The van der Waals surface area contributed by atoms with Crippen molar-refractivity contribution >= 4 is 28.7 Å². The van der Waals surface area contributed by atoms with Crippen molar-refractivity contribution in [3.8, 4) is 11.3 Å². The first-order chi connectivity index (χ1) is 17.0. The van der Waals surface area contributed by atoms with Crippen LogP contribution in [0, 0.1) is 5.95 Å². The molecule has 0 saturated carbocycles. The summed E-state index contributed by atoms with van der Waals surface area (Å²) in [5.41, 5.74) is 2.27. The van der Waals surface area contributed by atoms with Crippen LogP contribution in [0.5, 0.6) is 0 Å². The standard InChI is InChI=1S/C23H24FN9O2/c1-31-12-15(8-27-31)19-13-33-20(11-25-19)17(10-28-33)23(35)30-18-7-16(9-26-22(18)24)29-21(34)14-32-5-3-2-4-6-32/h7-13H,2-6,14H2,1H3,(H,29,34)(H,30,35).